The highest BCUT2D eigenvalue weighted by molar-refractivity contribution is 7.14. The number of fused-ring (bicyclic) bond motifs is 2. The highest BCUT2D eigenvalue weighted by Crippen LogP contribution is 2.32. The first-order valence-corrected chi connectivity index (χ1v) is 12.2. The lowest BCUT2D eigenvalue weighted by atomic mass is 10.0. The van der Waals surface area contributed by atoms with Crippen LogP contribution in [0.3, 0.4) is 0 Å². The van der Waals surface area contributed by atoms with Gasteiger partial charge in [0.05, 0.1) is 22.5 Å². The summed E-state index contributed by atoms with van der Waals surface area (Å²) >= 11 is 1.35. The number of benzene rings is 2. The maximum atomic E-state index is 13.2. The molecule has 2 aromatic carbocycles. The normalized spacial score (nSPS) is 12.6. The predicted octanol–water partition coefficient (Wildman–Crippen LogP) is 5.84. The maximum Gasteiger partial charge on any atom is 0.339 e. The fourth-order valence-corrected chi connectivity index (χ4v) is 5.28. The predicted molar refractivity (Wildman–Crippen MR) is 134 cm³/mol. The van der Waals surface area contributed by atoms with Gasteiger partial charge >= 0.3 is 5.97 Å². The number of hydrogen-bond donors (Lipinski definition) is 0. The molecule has 0 fully saturated rings. The number of anilines is 2. The summed E-state index contributed by atoms with van der Waals surface area (Å²) in [6.07, 6.45) is 2.71. The van der Waals surface area contributed by atoms with Crippen LogP contribution in [-0.4, -0.2) is 21.8 Å². The van der Waals surface area contributed by atoms with Gasteiger partial charge in [-0.15, -0.1) is 11.3 Å². The summed E-state index contributed by atoms with van der Waals surface area (Å²) in [5, 5.41) is 3.20. The summed E-state index contributed by atoms with van der Waals surface area (Å²) in [5.41, 5.74) is 7.07. The van der Waals surface area contributed by atoms with Crippen molar-refractivity contribution >= 4 is 44.9 Å². The van der Waals surface area contributed by atoms with Crippen molar-refractivity contribution in [1.82, 2.24) is 9.97 Å². The van der Waals surface area contributed by atoms with Crippen LogP contribution in [0.4, 0.5) is 10.8 Å². The van der Waals surface area contributed by atoms with E-state index in [0.717, 1.165) is 58.2 Å². The van der Waals surface area contributed by atoms with E-state index < -0.39 is 0 Å². The lowest BCUT2D eigenvalue weighted by molar-refractivity contribution is -0.115. The first-order chi connectivity index (χ1) is 16.4. The first-order valence-electron chi connectivity index (χ1n) is 11.3. The molecule has 0 aliphatic heterocycles. The molecule has 0 saturated carbocycles. The fourth-order valence-electron chi connectivity index (χ4n) is 4.41. The molecule has 0 spiro atoms. The van der Waals surface area contributed by atoms with E-state index in [2.05, 4.69) is 4.98 Å². The second kappa shape index (κ2) is 8.99. The topological polar surface area (TPSA) is 72.4 Å². The number of pyridine rings is 1. The van der Waals surface area contributed by atoms with Crippen molar-refractivity contribution < 1.29 is 14.3 Å². The summed E-state index contributed by atoms with van der Waals surface area (Å²) in [4.78, 5) is 36.6. The molecule has 0 atom stereocenters. The van der Waals surface area contributed by atoms with Crippen LogP contribution < -0.4 is 4.90 Å². The van der Waals surface area contributed by atoms with Crippen LogP contribution in [0.5, 0.6) is 0 Å². The van der Waals surface area contributed by atoms with Crippen LogP contribution in [0.15, 0.2) is 47.8 Å². The van der Waals surface area contributed by atoms with Crippen LogP contribution in [0, 0.1) is 13.8 Å². The van der Waals surface area contributed by atoms with Gasteiger partial charge in [-0.25, -0.2) is 9.78 Å². The second-order valence-corrected chi connectivity index (χ2v) is 9.44. The molecule has 0 N–H and O–H groups in total. The molecular formula is C27H25N3O3S. The average molecular weight is 472 g/mol. The first kappa shape index (κ1) is 22.2. The van der Waals surface area contributed by atoms with Crippen LogP contribution >= 0.6 is 11.3 Å². The van der Waals surface area contributed by atoms with Crippen molar-refractivity contribution in [2.75, 3.05) is 4.90 Å². The quantitative estimate of drug-likeness (QED) is 0.342. The standard InChI is InChI=1S/C27H25N3O3S/c1-16-11-12-20(13-17(16)2)30(18(3)31)27-28-19(15-34-27)14-33-26(32)25-21-7-4-5-9-23(21)29-24-10-6-8-22(24)25/h4-5,7,9,11-13,15H,6,8,10,14H2,1-3H3. The molecule has 2 aromatic heterocycles. The number of carbonyl (C=O) groups excluding carboxylic acids is 2. The van der Waals surface area contributed by atoms with E-state index in [1.807, 2.05) is 61.7 Å². The number of rotatable bonds is 5. The Labute approximate surface area is 202 Å². The zero-order valence-electron chi connectivity index (χ0n) is 19.4. The van der Waals surface area contributed by atoms with Gasteiger partial charge in [0, 0.05) is 23.4 Å². The van der Waals surface area contributed by atoms with E-state index in [4.69, 9.17) is 9.72 Å². The number of amides is 1. The largest absolute Gasteiger partial charge is 0.456 e. The zero-order valence-corrected chi connectivity index (χ0v) is 20.2. The van der Waals surface area contributed by atoms with E-state index in [9.17, 15) is 9.59 Å². The molecule has 2 heterocycles. The summed E-state index contributed by atoms with van der Waals surface area (Å²) in [5.74, 6) is -0.483. The molecule has 34 heavy (non-hydrogen) atoms. The monoisotopic (exact) mass is 471 g/mol. The third kappa shape index (κ3) is 4.07. The maximum absolute atomic E-state index is 13.2. The number of hydrogen-bond acceptors (Lipinski definition) is 6. The molecule has 6 nitrogen and oxygen atoms in total. The molecule has 0 bridgehead atoms. The van der Waals surface area contributed by atoms with Gasteiger partial charge in [0.2, 0.25) is 5.91 Å². The van der Waals surface area contributed by atoms with E-state index in [0.29, 0.717) is 16.4 Å². The molecule has 0 radical (unpaired) electrons. The van der Waals surface area contributed by atoms with Gasteiger partial charge in [-0.1, -0.05) is 24.3 Å². The summed E-state index contributed by atoms with van der Waals surface area (Å²) < 4.78 is 5.72. The van der Waals surface area contributed by atoms with Gasteiger partial charge in [0.15, 0.2) is 5.13 Å². The third-order valence-corrected chi connectivity index (χ3v) is 7.14. The van der Waals surface area contributed by atoms with Gasteiger partial charge < -0.3 is 4.74 Å². The number of ether oxygens (including phenoxy) is 1. The Morgan fingerprint density at radius 3 is 2.68 bits per heavy atom. The SMILES string of the molecule is CC(=O)N(c1ccc(C)c(C)c1)c1nc(COC(=O)c2c3c(nc4ccccc24)CCC3)cs1. The van der Waals surface area contributed by atoms with E-state index in [1.54, 1.807) is 4.90 Å². The highest BCUT2D eigenvalue weighted by Gasteiger charge is 2.25. The molecule has 172 valence electrons. The average Bonchev–Trinajstić information content (AvgIpc) is 3.47. The lowest BCUT2D eigenvalue weighted by Crippen LogP contribution is -2.22. The van der Waals surface area contributed by atoms with Crippen molar-refractivity contribution in [2.24, 2.45) is 0 Å². The summed E-state index contributed by atoms with van der Waals surface area (Å²) in [7, 11) is 0. The van der Waals surface area contributed by atoms with Crippen molar-refractivity contribution in [3.05, 3.63) is 81.5 Å². The Morgan fingerprint density at radius 2 is 1.88 bits per heavy atom. The number of nitrogens with zero attached hydrogens (tertiary/aromatic N) is 3. The number of para-hydroxylation sites is 1. The smallest absolute Gasteiger partial charge is 0.339 e. The highest BCUT2D eigenvalue weighted by atomic mass is 32.1. The van der Waals surface area contributed by atoms with Crippen LogP contribution in [0.25, 0.3) is 10.9 Å². The van der Waals surface area contributed by atoms with Crippen molar-refractivity contribution in [1.29, 1.82) is 0 Å². The molecule has 1 amide bonds. The van der Waals surface area contributed by atoms with Gasteiger partial charge in [-0.3, -0.25) is 14.7 Å². The lowest BCUT2D eigenvalue weighted by Gasteiger charge is -2.19. The Bertz CT molecular complexity index is 1430. The number of carbonyl (C=O) groups is 2. The Hall–Kier alpha value is -3.58. The van der Waals surface area contributed by atoms with Crippen LogP contribution in [0.2, 0.25) is 0 Å². The van der Waals surface area contributed by atoms with Gasteiger partial charge in [0.1, 0.15) is 6.61 Å². The number of aryl methyl sites for hydroxylation is 3. The van der Waals surface area contributed by atoms with Gasteiger partial charge in [0.25, 0.3) is 0 Å². The molecule has 1 aliphatic carbocycles. The Balaban J connectivity index is 1.38. The van der Waals surface area contributed by atoms with Crippen molar-refractivity contribution in [3.63, 3.8) is 0 Å². The molecule has 0 unspecified atom stereocenters. The van der Waals surface area contributed by atoms with Gasteiger partial charge in [-0.05, 0) is 68.0 Å². The Kier molecular flexibility index (Phi) is 5.87. The number of aromatic nitrogens is 2. The van der Waals surface area contributed by atoms with E-state index in [-0.39, 0.29) is 18.5 Å². The molecule has 1 aliphatic rings. The minimum absolute atomic E-state index is 0.0411. The minimum Gasteiger partial charge on any atom is -0.456 e. The minimum atomic E-state index is -0.358. The fraction of sp³-hybridized carbons (Fsp3) is 0.259. The molecular weight excluding hydrogens is 446 g/mol. The number of thiazole rings is 1. The van der Waals surface area contributed by atoms with Crippen LogP contribution in [-0.2, 0) is 29.0 Å². The van der Waals surface area contributed by atoms with E-state index >= 15 is 0 Å². The molecule has 5 rings (SSSR count). The van der Waals surface area contributed by atoms with Crippen molar-refractivity contribution in [2.45, 2.75) is 46.6 Å². The summed E-state index contributed by atoms with van der Waals surface area (Å²) in [6.45, 7) is 5.61. The molecule has 4 aromatic rings. The third-order valence-electron chi connectivity index (χ3n) is 6.27. The molecule has 0 saturated heterocycles. The molecule has 7 heteroatoms. The Morgan fingerprint density at radius 1 is 1.06 bits per heavy atom. The zero-order chi connectivity index (χ0) is 23.8. The van der Waals surface area contributed by atoms with Gasteiger partial charge in [-0.2, -0.15) is 0 Å². The summed E-state index contributed by atoms with van der Waals surface area (Å²) in [6, 6.07) is 13.6. The number of esters is 1. The van der Waals surface area contributed by atoms with Crippen LogP contribution in [0.1, 0.15) is 51.8 Å². The van der Waals surface area contributed by atoms with E-state index in [1.165, 1.54) is 18.3 Å². The van der Waals surface area contributed by atoms with Crippen molar-refractivity contribution in [3.8, 4) is 0 Å². The second-order valence-electron chi connectivity index (χ2n) is 8.60.